The molecule has 1 aliphatic rings. The van der Waals surface area contributed by atoms with E-state index < -0.39 is 0 Å². The van der Waals surface area contributed by atoms with Gasteiger partial charge in [-0.3, -0.25) is 10.3 Å². The number of hydrogen-bond acceptors (Lipinski definition) is 3. The van der Waals surface area contributed by atoms with Gasteiger partial charge in [0.25, 0.3) is 0 Å². The minimum absolute atomic E-state index is 0.0420. The van der Waals surface area contributed by atoms with Gasteiger partial charge in [0.1, 0.15) is 6.17 Å². The molecule has 0 fully saturated rings. The Morgan fingerprint density at radius 2 is 1.55 bits per heavy atom. The largest absolute Gasteiger partial charge is 0.279 e. The fraction of sp³-hybridized carbons (Fsp3) is 0.105. The molecule has 0 amide bonds. The number of benzene rings is 2. The second kappa shape index (κ2) is 5.87. The molecule has 0 saturated carbocycles. The van der Waals surface area contributed by atoms with Crippen molar-refractivity contribution in [3.05, 3.63) is 94.2 Å². The number of nitrogens with one attached hydrogen (secondary N) is 1. The van der Waals surface area contributed by atoms with Gasteiger partial charge in [-0.15, -0.1) is 11.3 Å². The van der Waals surface area contributed by atoms with Crippen molar-refractivity contribution in [3.63, 3.8) is 0 Å². The van der Waals surface area contributed by atoms with Crippen molar-refractivity contribution in [2.45, 2.75) is 12.2 Å². The van der Waals surface area contributed by atoms with Crippen LogP contribution in [0.25, 0.3) is 0 Å². The number of thiophene rings is 1. The summed E-state index contributed by atoms with van der Waals surface area (Å²) in [6.45, 7) is 0. The van der Waals surface area contributed by atoms with Gasteiger partial charge in [-0.2, -0.15) is 0 Å². The third-order valence-corrected chi connectivity index (χ3v) is 4.81. The predicted octanol–water partition coefficient (Wildman–Crippen LogP) is 4.58. The molecule has 1 aromatic heterocycles. The van der Waals surface area contributed by atoms with Gasteiger partial charge in [0.15, 0.2) is 0 Å². The zero-order valence-electron chi connectivity index (χ0n) is 12.0. The third-order valence-electron chi connectivity index (χ3n) is 3.88. The lowest BCUT2D eigenvalue weighted by atomic mass is 9.97. The first-order valence-electron chi connectivity index (χ1n) is 7.39. The van der Waals surface area contributed by atoms with Crippen LogP contribution in [0, 0.1) is 0 Å². The Kier molecular flexibility index (Phi) is 3.59. The van der Waals surface area contributed by atoms with Crippen LogP contribution in [0.4, 0.5) is 0 Å². The summed E-state index contributed by atoms with van der Waals surface area (Å²) >= 11 is 1.75. The lowest BCUT2D eigenvalue weighted by molar-refractivity contribution is 0.582. The molecule has 0 unspecified atom stereocenters. The summed E-state index contributed by atoms with van der Waals surface area (Å²) < 4.78 is 0. The molecule has 2 atom stereocenters. The molecule has 2 nitrogen and oxygen atoms in total. The van der Waals surface area contributed by atoms with E-state index in [0.29, 0.717) is 0 Å². The first-order chi connectivity index (χ1) is 10.9. The van der Waals surface area contributed by atoms with Crippen LogP contribution in [0.1, 0.15) is 28.2 Å². The van der Waals surface area contributed by atoms with Gasteiger partial charge in [0, 0.05) is 4.88 Å². The van der Waals surface area contributed by atoms with E-state index in [1.54, 1.807) is 11.3 Å². The van der Waals surface area contributed by atoms with E-state index in [-0.39, 0.29) is 12.2 Å². The van der Waals surface area contributed by atoms with E-state index >= 15 is 0 Å². The van der Waals surface area contributed by atoms with Crippen LogP contribution in [0.3, 0.4) is 0 Å². The Labute approximate surface area is 134 Å². The Bertz CT molecular complexity index is 764. The topological polar surface area (TPSA) is 24.4 Å². The zero-order valence-corrected chi connectivity index (χ0v) is 12.8. The van der Waals surface area contributed by atoms with Crippen molar-refractivity contribution >= 4 is 17.0 Å². The maximum atomic E-state index is 4.97. The standard InChI is InChI=1S/C19H16N2S/c1-3-8-14(9-4-1)17-18(15-10-5-2-6-11-15)21-19(20-17)16-12-7-13-22-16/h1-13,17,19-20H/t17-,19-/m1/s1. The van der Waals surface area contributed by atoms with Gasteiger partial charge in [0.2, 0.25) is 0 Å². The highest BCUT2D eigenvalue weighted by molar-refractivity contribution is 7.10. The maximum absolute atomic E-state index is 4.97. The summed E-state index contributed by atoms with van der Waals surface area (Å²) in [5.41, 5.74) is 3.55. The molecule has 2 aromatic carbocycles. The van der Waals surface area contributed by atoms with Gasteiger partial charge >= 0.3 is 0 Å². The van der Waals surface area contributed by atoms with Crippen molar-refractivity contribution in [3.8, 4) is 0 Å². The van der Waals surface area contributed by atoms with Crippen LogP contribution in [0.5, 0.6) is 0 Å². The number of nitrogens with zero attached hydrogens (tertiary/aromatic N) is 1. The number of rotatable bonds is 3. The minimum Gasteiger partial charge on any atom is -0.279 e. The molecular weight excluding hydrogens is 288 g/mol. The second-order valence-corrected chi connectivity index (χ2v) is 6.29. The Hall–Kier alpha value is -2.23. The Balaban J connectivity index is 1.76. The lowest BCUT2D eigenvalue weighted by Crippen LogP contribution is -2.23. The normalized spacial score (nSPS) is 20.8. The number of hydrogen-bond donors (Lipinski definition) is 1. The van der Waals surface area contributed by atoms with Gasteiger partial charge in [-0.05, 0) is 22.6 Å². The van der Waals surface area contributed by atoms with Crippen molar-refractivity contribution in [1.82, 2.24) is 5.32 Å². The van der Waals surface area contributed by atoms with Gasteiger partial charge in [-0.25, -0.2) is 0 Å². The molecule has 108 valence electrons. The molecule has 1 N–H and O–H groups in total. The van der Waals surface area contributed by atoms with E-state index in [1.807, 2.05) is 6.07 Å². The van der Waals surface area contributed by atoms with E-state index in [1.165, 1.54) is 16.0 Å². The van der Waals surface area contributed by atoms with Crippen LogP contribution in [0.2, 0.25) is 0 Å². The average Bonchev–Trinajstić information content (AvgIpc) is 3.26. The molecule has 0 saturated heterocycles. The SMILES string of the molecule is c1ccc(C2=N[C@H](c3cccs3)N[C@@H]2c2ccccc2)cc1. The van der Waals surface area contributed by atoms with Gasteiger partial charge in [-0.1, -0.05) is 66.7 Å². The monoisotopic (exact) mass is 304 g/mol. The molecular formula is C19H16N2S. The Morgan fingerprint density at radius 3 is 2.23 bits per heavy atom. The molecule has 0 spiro atoms. The molecule has 0 bridgehead atoms. The van der Waals surface area contributed by atoms with Crippen molar-refractivity contribution in [1.29, 1.82) is 0 Å². The van der Waals surface area contributed by atoms with Gasteiger partial charge < -0.3 is 0 Å². The Morgan fingerprint density at radius 1 is 0.818 bits per heavy atom. The highest BCUT2D eigenvalue weighted by Crippen LogP contribution is 2.33. The van der Waals surface area contributed by atoms with Crippen molar-refractivity contribution in [2.24, 2.45) is 4.99 Å². The summed E-state index contributed by atoms with van der Waals surface area (Å²) in [5, 5.41) is 5.77. The van der Waals surface area contributed by atoms with Crippen LogP contribution in [0.15, 0.2) is 83.2 Å². The maximum Gasteiger partial charge on any atom is 0.135 e. The molecule has 1 aliphatic heterocycles. The van der Waals surface area contributed by atoms with E-state index in [2.05, 4.69) is 77.4 Å². The summed E-state index contributed by atoms with van der Waals surface area (Å²) in [6.07, 6.45) is 0.0420. The molecule has 2 heterocycles. The smallest absolute Gasteiger partial charge is 0.135 e. The average molecular weight is 304 g/mol. The fourth-order valence-corrected chi connectivity index (χ4v) is 3.55. The van der Waals surface area contributed by atoms with Crippen LogP contribution in [-0.2, 0) is 0 Å². The predicted molar refractivity (Wildman–Crippen MR) is 92.4 cm³/mol. The minimum atomic E-state index is 0.0420. The zero-order chi connectivity index (χ0) is 14.8. The summed E-state index contributed by atoms with van der Waals surface area (Å²) in [6, 6.07) is 25.3. The molecule has 3 aromatic rings. The summed E-state index contributed by atoms with van der Waals surface area (Å²) in [5.74, 6) is 0. The first-order valence-corrected chi connectivity index (χ1v) is 8.27. The highest BCUT2D eigenvalue weighted by atomic mass is 32.1. The number of aliphatic imine (C=N–C) groups is 1. The summed E-state index contributed by atoms with van der Waals surface area (Å²) in [7, 11) is 0. The second-order valence-electron chi connectivity index (χ2n) is 5.31. The molecule has 22 heavy (non-hydrogen) atoms. The summed E-state index contributed by atoms with van der Waals surface area (Å²) in [4.78, 5) is 6.23. The molecule has 0 radical (unpaired) electrons. The fourth-order valence-electron chi connectivity index (χ4n) is 2.83. The van der Waals surface area contributed by atoms with Crippen LogP contribution >= 0.6 is 11.3 Å². The van der Waals surface area contributed by atoms with E-state index in [9.17, 15) is 0 Å². The molecule has 4 rings (SSSR count). The first kappa shape index (κ1) is 13.4. The quantitative estimate of drug-likeness (QED) is 0.752. The van der Waals surface area contributed by atoms with Gasteiger partial charge in [0.05, 0.1) is 11.8 Å². The van der Waals surface area contributed by atoms with Crippen molar-refractivity contribution in [2.75, 3.05) is 0 Å². The van der Waals surface area contributed by atoms with E-state index in [0.717, 1.165) is 5.71 Å². The third kappa shape index (κ3) is 2.49. The highest BCUT2D eigenvalue weighted by Gasteiger charge is 2.30. The van der Waals surface area contributed by atoms with Crippen LogP contribution in [-0.4, -0.2) is 5.71 Å². The lowest BCUT2D eigenvalue weighted by Gasteiger charge is -2.15. The van der Waals surface area contributed by atoms with E-state index in [4.69, 9.17) is 4.99 Å². The molecule has 0 aliphatic carbocycles. The molecule has 3 heteroatoms. The van der Waals surface area contributed by atoms with Crippen LogP contribution < -0.4 is 5.32 Å². The van der Waals surface area contributed by atoms with Crippen molar-refractivity contribution < 1.29 is 0 Å².